The summed E-state index contributed by atoms with van der Waals surface area (Å²) < 4.78 is 11.3. The van der Waals surface area contributed by atoms with E-state index in [0.29, 0.717) is 37.2 Å². The average molecular weight is 383 g/mol. The lowest BCUT2D eigenvalue weighted by Crippen LogP contribution is -2.41. The van der Waals surface area contributed by atoms with Crippen LogP contribution in [0.2, 0.25) is 0 Å². The molecule has 2 N–H and O–H groups in total. The highest BCUT2D eigenvalue weighted by molar-refractivity contribution is 5.78. The van der Waals surface area contributed by atoms with Gasteiger partial charge in [-0.25, -0.2) is 0 Å². The molecule has 3 rings (SSSR count). The van der Waals surface area contributed by atoms with Crippen molar-refractivity contribution in [2.24, 2.45) is 0 Å². The van der Waals surface area contributed by atoms with Crippen molar-refractivity contribution < 1.29 is 14.3 Å². The van der Waals surface area contributed by atoms with E-state index in [0.717, 1.165) is 24.0 Å². The molecule has 1 aromatic carbocycles. The van der Waals surface area contributed by atoms with Gasteiger partial charge < -0.3 is 20.1 Å². The van der Waals surface area contributed by atoms with Crippen LogP contribution in [0.5, 0.6) is 11.5 Å². The maximum absolute atomic E-state index is 12.1. The van der Waals surface area contributed by atoms with Crippen LogP contribution in [0.1, 0.15) is 43.2 Å². The van der Waals surface area contributed by atoms with Crippen LogP contribution in [0.3, 0.4) is 0 Å². The largest absolute Gasteiger partial charge is 0.493 e. The summed E-state index contributed by atoms with van der Waals surface area (Å²) in [5, 5.41) is 6.32. The first-order chi connectivity index (χ1) is 13.7. The van der Waals surface area contributed by atoms with Crippen LogP contribution in [0.25, 0.3) is 0 Å². The molecule has 0 bridgehead atoms. The number of rotatable bonds is 9. The monoisotopic (exact) mass is 383 g/mol. The van der Waals surface area contributed by atoms with Gasteiger partial charge in [-0.15, -0.1) is 0 Å². The van der Waals surface area contributed by atoms with Crippen molar-refractivity contribution in [3.63, 3.8) is 0 Å². The summed E-state index contributed by atoms with van der Waals surface area (Å²) in [6, 6.07) is 10.0. The van der Waals surface area contributed by atoms with Gasteiger partial charge in [-0.05, 0) is 48.2 Å². The highest BCUT2D eigenvalue weighted by Crippen LogP contribution is 2.28. The molecule has 0 aliphatic heterocycles. The number of carbonyl (C=O) groups is 1. The number of pyridine rings is 1. The number of nitrogens with zero attached hydrogens (tertiary/aromatic N) is 1. The van der Waals surface area contributed by atoms with E-state index in [-0.39, 0.29) is 5.91 Å². The normalized spacial score (nSPS) is 14.5. The molecule has 1 aromatic heterocycles. The Morgan fingerprint density at radius 3 is 2.61 bits per heavy atom. The molecule has 28 heavy (non-hydrogen) atoms. The smallest absolute Gasteiger partial charge is 0.234 e. The molecule has 0 saturated heterocycles. The molecule has 1 fully saturated rings. The van der Waals surface area contributed by atoms with Gasteiger partial charge in [0.1, 0.15) is 6.61 Å². The Balaban J connectivity index is 1.45. The number of benzene rings is 1. The second-order valence-electron chi connectivity index (χ2n) is 7.14. The highest BCUT2D eigenvalue weighted by Gasteiger charge is 2.15. The van der Waals surface area contributed by atoms with Gasteiger partial charge in [0.05, 0.1) is 13.7 Å². The van der Waals surface area contributed by atoms with Gasteiger partial charge in [-0.3, -0.25) is 9.78 Å². The molecule has 1 aliphatic carbocycles. The third-order valence-corrected chi connectivity index (χ3v) is 4.96. The van der Waals surface area contributed by atoms with E-state index >= 15 is 0 Å². The second kappa shape index (κ2) is 10.7. The highest BCUT2D eigenvalue weighted by atomic mass is 16.5. The van der Waals surface area contributed by atoms with Crippen LogP contribution in [-0.2, 0) is 17.9 Å². The molecular formula is C22H29N3O3. The van der Waals surface area contributed by atoms with Crippen LogP contribution in [0.15, 0.2) is 42.7 Å². The third kappa shape index (κ3) is 6.23. The second-order valence-corrected chi connectivity index (χ2v) is 7.14. The van der Waals surface area contributed by atoms with Crippen molar-refractivity contribution in [3.8, 4) is 11.5 Å². The Morgan fingerprint density at radius 2 is 1.86 bits per heavy atom. The summed E-state index contributed by atoms with van der Waals surface area (Å²) in [4.78, 5) is 16.1. The van der Waals surface area contributed by atoms with Crippen molar-refractivity contribution in [1.82, 2.24) is 15.6 Å². The molecule has 0 spiro atoms. The molecule has 0 radical (unpaired) electrons. The first kappa shape index (κ1) is 20.1. The van der Waals surface area contributed by atoms with E-state index in [4.69, 9.17) is 9.47 Å². The standard InChI is InChI=1S/C22H29N3O3/c1-27-21-13-18(7-8-20(21)28-16-17-9-11-23-12-10-17)14-24-15-22(26)25-19-5-3-2-4-6-19/h7-13,19,24H,2-6,14-16H2,1H3,(H,25,26). The van der Waals surface area contributed by atoms with Crippen LogP contribution >= 0.6 is 0 Å². The zero-order valence-corrected chi connectivity index (χ0v) is 16.4. The Hall–Kier alpha value is -2.60. The zero-order chi connectivity index (χ0) is 19.6. The van der Waals surface area contributed by atoms with E-state index in [2.05, 4.69) is 15.6 Å². The van der Waals surface area contributed by atoms with Crippen molar-refractivity contribution in [2.45, 2.75) is 51.3 Å². The molecule has 1 aliphatic rings. The Bertz CT molecular complexity index is 746. The first-order valence-electron chi connectivity index (χ1n) is 9.93. The number of carbonyl (C=O) groups excluding carboxylic acids is 1. The van der Waals surface area contributed by atoms with Gasteiger partial charge in [0.25, 0.3) is 0 Å². The third-order valence-electron chi connectivity index (χ3n) is 4.96. The van der Waals surface area contributed by atoms with Crippen molar-refractivity contribution in [1.29, 1.82) is 0 Å². The predicted octanol–water partition coefficient (Wildman–Crippen LogP) is 3.21. The van der Waals surface area contributed by atoms with E-state index in [1.54, 1.807) is 19.5 Å². The summed E-state index contributed by atoms with van der Waals surface area (Å²) in [5.74, 6) is 1.44. The fourth-order valence-corrected chi connectivity index (χ4v) is 3.43. The van der Waals surface area contributed by atoms with Gasteiger partial charge in [0.15, 0.2) is 11.5 Å². The van der Waals surface area contributed by atoms with E-state index in [1.807, 2.05) is 30.3 Å². The molecule has 2 aromatic rings. The predicted molar refractivity (Wildman–Crippen MR) is 108 cm³/mol. The number of nitrogens with one attached hydrogen (secondary N) is 2. The van der Waals surface area contributed by atoms with Crippen LogP contribution in [-0.4, -0.2) is 30.6 Å². The van der Waals surface area contributed by atoms with Crippen molar-refractivity contribution >= 4 is 5.91 Å². The van der Waals surface area contributed by atoms with Crippen LogP contribution in [0.4, 0.5) is 0 Å². The minimum Gasteiger partial charge on any atom is -0.493 e. The summed E-state index contributed by atoms with van der Waals surface area (Å²) in [6.07, 6.45) is 9.41. The van der Waals surface area contributed by atoms with Crippen LogP contribution in [0, 0.1) is 0 Å². The number of hydrogen-bond donors (Lipinski definition) is 2. The summed E-state index contributed by atoms with van der Waals surface area (Å²) in [5.41, 5.74) is 2.09. The van der Waals surface area contributed by atoms with Crippen molar-refractivity contribution in [2.75, 3.05) is 13.7 Å². The van der Waals surface area contributed by atoms with Crippen molar-refractivity contribution in [3.05, 3.63) is 53.9 Å². The number of amides is 1. The number of aromatic nitrogens is 1. The summed E-state index contributed by atoms with van der Waals surface area (Å²) in [6.45, 7) is 1.37. The summed E-state index contributed by atoms with van der Waals surface area (Å²) >= 11 is 0. The Labute approximate surface area is 166 Å². The van der Waals surface area contributed by atoms with Gasteiger partial charge >= 0.3 is 0 Å². The average Bonchev–Trinajstić information content (AvgIpc) is 2.74. The molecule has 1 amide bonds. The lowest BCUT2D eigenvalue weighted by molar-refractivity contribution is -0.121. The molecule has 6 heteroatoms. The number of ether oxygens (including phenoxy) is 2. The van der Waals surface area contributed by atoms with Gasteiger partial charge in [0.2, 0.25) is 5.91 Å². The quantitative estimate of drug-likeness (QED) is 0.696. The molecule has 0 atom stereocenters. The molecular weight excluding hydrogens is 354 g/mol. The van der Waals surface area contributed by atoms with Gasteiger partial charge in [0, 0.05) is 25.0 Å². The lowest BCUT2D eigenvalue weighted by Gasteiger charge is -2.22. The summed E-state index contributed by atoms with van der Waals surface area (Å²) in [7, 11) is 1.63. The maximum Gasteiger partial charge on any atom is 0.234 e. The van der Waals surface area contributed by atoms with Crippen LogP contribution < -0.4 is 20.1 Å². The molecule has 1 saturated carbocycles. The molecule has 1 heterocycles. The maximum atomic E-state index is 12.1. The zero-order valence-electron chi connectivity index (χ0n) is 16.4. The van der Waals surface area contributed by atoms with E-state index in [1.165, 1.54) is 19.3 Å². The Kier molecular flexibility index (Phi) is 7.67. The Morgan fingerprint density at radius 1 is 1.07 bits per heavy atom. The fourth-order valence-electron chi connectivity index (χ4n) is 3.43. The van der Waals surface area contributed by atoms with Gasteiger partial charge in [-0.1, -0.05) is 25.3 Å². The number of hydrogen-bond acceptors (Lipinski definition) is 5. The molecule has 150 valence electrons. The SMILES string of the molecule is COc1cc(CNCC(=O)NC2CCCCC2)ccc1OCc1ccncc1. The minimum atomic E-state index is 0.0659. The lowest BCUT2D eigenvalue weighted by atomic mass is 9.95. The van der Waals surface area contributed by atoms with E-state index in [9.17, 15) is 4.79 Å². The molecule has 6 nitrogen and oxygen atoms in total. The topological polar surface area (TPSA) is 72.5 Å². The minimum absolute atomic E-state index is 0.0659. The fraction of sp³-hybridized carbons (Fsp3) is 0.455. The first-order valence-corrected chi connectivity index (χ1v) is 9.93. The van der Waals surface area contributed by atoms with Gasteiger partial charge in [-0.2, -0.15) is 0 Å². The van der Waals surface area contributed by atoms with E-state index < -0.39 is 0 Å². The molecule has 0 unspecified atom stereocenters. The number of methoxy groups -OCH3 is 1.